The number of aryl methyl sites for hydroxylation is 1. The largest absolute Gasteiger partial charge is 0.508 e. The number of halogens is 1. The fourth-order valence-corrected chi connectivity index (χ4v) is 1.69. The summed E-state index contributed by atoms with van der Waals surface area (Å²) in [4.78, 5) is 3.95. The van der Waals surface area contributed by atoms with E-state index in [-0.39, 0.29) is 5.75 Å². The molecule has 3 nitrogen and oxygen atoms in total. The second-order valence-electron chi connectivity index (χ2n) is 3.41. The molecule has 16 heavy (non-hydrogen) atoms. The van der Waals surface area contributed by atoms with Crippen LogP contribution < -0.4 is 4.74 Å². The Labute approximate surface area is 102 Å². The molecule has 0 amide bonds. The Hall–Kier alpha value is -1.55. The molecule has 0 spiro atoms. The maximum absolute atomic E-state index is 9.44. The molecule has 4 heteroatoms. The SMILES string of the molecule is Cc1cc(O)cc(Oc2ccncc2Br)c1. The van der Waals surface area contributed by atoms with Crippen LogP contribution in [0.3, 0.4) is 0 Å². The van der Waals surface area contributed by atoms with Gasteiger partial charge in [0.2, 0.25) is 0 Å². The van der Waals surface area contributed by atoms with Crippen molar-refractivity contribution in [1.29, 1.82) is 0 Å². The maximum atomic E-state index is 9.44. The van der Waals surface area contributed by atoms with Crippen LogP contribution >= 0.6 is 15.9 Å². The van der Waals surface area contributed by atoms with Gasteiger partial charge in [0.15, 0.2) is 0 Å². The summed E-state index contributed by atoms with van der Waals surface area (Å²) in [7, 11) is 0. The van der Waals surface area contributed by atoms with Gasteiger partial charge in [-0.15, -0.1) is 0 Å². The molecule has 0 saturated carbocycles. The summed E-state index contributed by atoms with van der Waals surface area (Å²) >= 11 is 3.34. The molecule has 1 heterocycles. The number of hydrogen-bond donors (Lipinski definition) is 1. The average molecular weight is 280 g/mol. The molecule has 0 aliphatic carbocycles. The zero-order valence-electron chi connectivity index (χ0n) is 8.64. The summed E-state index contributed by atoms with van der Waals surface area (Å²) in [5.74, 6) is 1.46. The summed E-state index contributed by atoms with van der Waals surface area (Å²) < 4.78 is 6.40. The molecule has 1 aromatic carbocycles. The van der Waals surface area contributed by atoms with Gasteiger partial charge in [0, 0.05) is 24.5 Å². The van der Waals surface area contributed by atoms with Crippen LogP contribution in [0.15, 0.2) is 41.1 Å². The summed E-state index contributed by atoms with van der Waals surface area (Å²) in [5.41, 5.74) is 0.945. The van der Waals surface area contributed by atoms with Gasteiger partial charge < -0.3 is 9.84 Å². The molecule has 0 aliphatic rings. The second-order valence-corrected chi connectivity index (χ2v) is 4.27. The van der Waals surface area contributed by atoms with Crippen molar-refractivity contribution in [1.82, 2.24) is 4.98 Å². The summed E-state index contributed by atoms with van der Waals surface area (Å²) in [6.07, 6.45) is 3.31. The van der Waals surface area contributed by atoms with Crippen molar-refractivity contribution >= 4 is 15.9 Å². The van der Waals surface area contributed by atoms with E-state index in [0.717, 1.165) is 10.0 Å². The fourth-order valence-electron chi connectivity index (χ4n) is 1.36. The van der Waals surface area contributed by atoms with Crippen LogP contribution in [-0.4, -0.2) is 10.1 Å². The van der Waals surface area contributed by atoms with E-state index >= 15 is 0 Å². The first-order valence-electron chi connectivity index (χ1n) is 4.73. The van der Waals surface area contributed by atoms with Crippen molar-refractivity contribution in [3.63, 3.8) is 0 Å². The molecular weight excluding hydrogens is 270 g/mol. The Kier molecular flexibility index (Phi) is 3.10. The van der Waals surface area contributed by atoms with Gasteiger partial charge in [0.05, 0.1) is 4.47 Å². The second kappa shape index (κ2) is 4.53. The zero-order valence-corrected chi connectivity index (χ0v) is 10.2. The number of phenolic OH excluding ortho intramolecular Hbond substituents is 1. The van der Waals surface area contributed by atoms with Crippen molar-refractivity contribution in [3.05, 3.63) is 46.7 Å². The van der Waals surface area contributed by atoms with E-state index < -0.39 is 0 Å². The van der Waals surface area contributed by atoms with Gasteiger partial charge in [0.25, 0.3) is 0 Å². The first kappa shape index (κ1) is 11.0. The Bertz CT molecular complexity index is 494. The lowest BCUT2D eigenvalue weighted by atomic mass is 10.2. The van der Waals surface area contributed by atoms with Gasteiger partial charge in [0.1, 0.15) is 17.2 Å². The standard InChI is InChI=1S/C12H10BrNO2/c1-8-4-9(15)6-10(5-8)16-12-2-3-14-7-11(12)13/h2-7,15H,1H3. The van der Waals surface area contributed by atoms with Crippen molar-refractivity contribution in [2.24, 2.45) is 0 Å². The highest BCUT2D eigenvalue weighted by Gasteiger charge is 2.03. The molecule has 0 unspecified atom stereocenters. The highest BCUT2D eigenvalue weighted by Crippen LogP contribution is 2.30. The van der Waals surface area contributed by atoms with E-state index in [1.54, 1.807) is 30.6 Å². The van der Waals surface area contributed by atoms with Crippen LogP contribution in [0.4, 0.5) is 0 Å². The first-order chi connectivity index (χ1) is 7.65. The number of ether oxygens (including phenoxy) is 1. The molecule has 0 aliphatic heterocycles. The minimum atomic E-state index is 0.195. The maximum Gasteiger partial charge on any atom is 0.144 e. The monoisotopic (exact) mass is 279 g/mol. The quantitative estimate of drug-likeness (QED) is 0.913. The number of phenols is 1. The molecule has 0 atom stereocenters. The molecule has 2 rings (SSSR count). The topological polar surface area (TPSA) is 42.4 Å². The van der Waals surface area contributed by atoms with Gasteiger partial charge in [-0.3, -0.25) is 4.98 Å². The zero-order chi connectivity index (χ0) is 11.5. The third kappa shape index (κ3) is 2.52. The molecule has 0 bridgehead atoms. The smallest absolute Gasteiger partial charge is 0.144 e. The van der Waals surface area contributed by atoms with Crippen molar-refractivity contribution in [2.75, 3.05) is 0 Å². The van der Waals surface area contributed by atoms with Crippen LogP contribution in [0.5, 0.6) is 17.2 Å². The third-order valence-corrected chi connectivity index (χ3v) is 2.59. The molecule has 82 valence electrons. The number of pyridine rings is 1. The minimum absolute atomic E-state index is 0.195. The van der Waals surface area contributed by atoms with Gasteiger partial charge in [-0.05, 0) is 40.5 Å². The normalized spacial score (nSPS) is 10.1. The summed E-state index contributed by atoms with van der Waals surface area (Å²) in [6, 6.07) is 6.85. The molecule has 1 aromatic heterocycles. The number of aromatic nitrogens is 1. The lowest BCUT2D eigenvalue weighted by Gasteiger charge is -2.08. The van der Waals surface area contributed by atoms with Crippen molar-refractivity contribution in [3.8, 4) is 17.2 Å². The van der Waals surface area contributed by atoms with Gasteiger partial charge in [-0.2, -0.15) is 0 Å². The van der Waals surface area contributed by atoms with E-state index in [2.05, 4.69) is 20.9 Å². The third-order valence-electron chi connectivity index (χ3n) is 2.00. The lowest BCUT2D eigenvalue weighted by molar-refractivity contribution is 0.453. The Balaban J connectivity index is 2.30. The van der Waals surface area contributed by atoms with Crippen molar-refractivity contribution < 1.29 is 9.84 Å². The number of aromatic hydroxyl groups is 1. The van der Waals surface area contributed by atoms with Crippen molar-refractivity contribution in [2.45, 2.75) is 6.92 Å². The molecular formula is C12H10BrNO2. The lowest BCUT2D eigenvalue weighted by Crippen LogP contribution is -1.87. The molecule has 1 N–H and O–H groups in total. The summed E-state index contributed by atoms with van der Waals surface area (Å²) in [5, 5.41) is 9.44. The van der Waals surface area contributed by atoms with Gasteiger partial charge >= 0.3 is 0 Å². The molecule has 0 fully saturated rings. The van der Waals surface area contributed by atoms with Gasteiger partial charge in [-0.25, -0.2) is 0 Å². The molecule has 0 radical (unpaired) electrons. The number of hydrogen-bond acceptors (Lipinski definition) is 3. The Morgan fingerprint density at radius 3 is 2.81 bits per heavy atom. The Morgan fingerprint density at radius 1 is 1.31 bits per heavy atom. The number of benzene rings is 1. The van der Waals surface area contributed by atoms with E-state index in [9.17, 15) is 5.11 Å². The van der Waals surface area contributed by atoms with Crippen LogP contribution in [-0.2, 0) is 0 Å². The number of rotatable bonds is 2. The molecule has 2 aromatic rings. The predicted molar refractivity (Wildman–Crippen MR) is 64.9 cm³/mol. The number of nitrogens with zero attached hydrogens (tertiary/aromatic N) is 1. The van der Waals surface area contributed by atoms with E-state index in [0.29, 0.717) is 11.5 Å². The minimum Gasteiger partial charge on any atom is -0.508 e. The van der Waals surface area contributed by atoms with Crippen LogP contribution in [0.1, 0.15) is 5.56 Å². The average Bonchev–Trinajstić information content (AvgIpc) is 2.20. The van der Waals surface area contributed by atoms with E-state index in [4.69, 9.17) is 4.74 Å². The highest BCUT2D eigenvalue weighted by atomic mass is 79.9. The highest BCUT2D eigenvalue weighted by molar-refractivity contribution is 9.10. The van der Waals surface area contributed by atoms with E-state index in [1.807, 2.05) is 13.0 Å². The van der Waals surface area contributed by atoms with Crippen LogP contribution in [0.2, 0.25) is 0 Å². The first-order valence-corrected chi connectivity index (χ1v) is 5.52. The van der Waals surface area contributed by atoms with Crippen LogP contribution in [0.25, 0.3) is 0 Å². The fraction of sp³-hybridized carbons (Fsp3) is 0.0833. The summed E-state index contributed by atoms with van der Waals surface area (Å²) in [6.45, 7) is 1.90. The van der Waals surface area contributed by atoms with E-state index in [1.165, 1.54) is 0 Å². The molecule has 0 saturated heterocycles. The Morgan fingerprint density at radius 2 is 2.12 bits per heavy atom. The predicted octanol–water partition coefficient (Wildman–Crippen LogP) is 3.65. The van der Waals surface area contributed by atoms with Gasteiger partial charge in [-0.1, -0.05) is 0 Å². The van der Waals surface area contributed by atoms with Crippen LogP contribution in [0, 0.1) is 6.92 Å².